The second-order valence-electron chi connectivity index (χ2n) is 10.6. The van der Waals surface area contributed by atoms with Gasteiger partial charge in [0.05, 0.1) is 0 Å². The number of esters is 8. The van der Waals surface area contributed by atoms with Crippen molar-refractivity contribution in [1.82, 2.24) is 0 Å². The lowest BCUT2D eigenvalue weighted by Gasteiger charge is -2.48. The molecule has 0 aromatic rings. The lowest BCUT2D eigenvalue weighted by Crippen LogP contribution is -2.67. The molecule has 0 amide bonds. The van der Waals surface area contributed by atoms with Gasteiger partial charge < -0.3 is 52.1 Å². The van der Waals surface area contributed by atoms with E-state index in [2.05, 4.69) is 0 Å². The predicted molar refractivity (Wildman–Crippen MR) is 150 cm³/mol. The van der Waals surface area contributed by atoms with Crippen LogP contribution in [-0.4, -0.2) is 129 Å². The molecule has 10 atom stereocenters. The minimum atomic E-state index is -1.81. The summed E-state index contributed by atoms with van der Waals surface area (Å²) in [5, 5.41) is 0. The largest absolute Gasteiger partial charge is 0.463 e. The van der Waals surface area contributed by atoms with Crippen molar-refractivity contribution in [2.24, 2.45) is 0 Å². The van der Waals surface area contributed by atoms with Crippen LogP contribution in [0.2, 0.25) is 0 Å². The second-order valence-corrected chi connectivity index (χ2v) is 10.6. The van der Waals surface area contributed by atoms with Crippen LogP contribution >= 0.6 is 0 Å². The van der Waals surface area contributed by atoms with Gasteiger partial charge in [-0.2, -0.15) is 0 Å². The van der Waals surface area contributed by atoms with Crippen LogP contribution in [0.25, 0.3) is 0 Å². The zero-order valence-corrected chi connectivity index (χ0v) is 27.7. The molecule has 2 saturated heterocycles. The average Bonchev–Trinajstić information content (AvgIpc) is 2.94. The number of hydrogen-bond acceptors (Lipinski definition) is 19. The highest BCUT2D eigenvalue weighted by Gasteiger charge is 2.57. The summed E-state index contributed by atoms with van der Waals surface area (Å²) >= 11 is 0. The third-order valence-electron chi connectivity index (χ3n) is 6.48. The van der Waals surface area contributed by atoms with Crippen molar-refractivity contribution in [3.8, 4) is 0 Å². The molecule has 2 fully saturated rings. The molecule has 0 aromatic carbocycles. The molecule has 0 aliphatic carbocycles. The minimum Gasteiger partial charge on any atom is -0.463 e. The molecule has 2 heterocycles. The van der Waals surface area contributed by atoms with Crippen LogP contribution in [-0.2, 0) is 90.5 Å². The van der Waals surface area contributed by atoms with Crippen molar-refractivity contribution >= 4 is 47.8 Å². The zero-order valence-electron chi connectivity index (χ0n) is 27.7. The number of carbonyl (C=O) groups excluding carboxylic acids is 8. The highest BCUT2D eigenvalue weighted by Crippen LogP contribution is 2.35. The maximum absolute atomic E-state index is 12.4. The monoisotopic (exact) mass is 692 g/mol. The Morgan fingerprint density at radius 1 is 0.375 bits per heavy atom. The van der Waals surface area contributed by atoms with E-state index >= 15 is 0 Å². The second kappa shape index (κ2) is 18.3. The Hall–Kier alpha value is -4.36. The van der Waals surface area contributed by atoms with E-state index in [1.165, 1.54) is 0 Å². The number of hydrogen-bond donors (Lipinski definition) is 0. The van der Waals surface area contributed by atoms with E-state index in [9.17, 15) is 38.4 Å². The molecular weight excluding hydrogens is 652 g/mol. The molecule has 270 valence electrons. The molecule has 19 heteroatoms. The Labute approximate surface area is 274 Å². The molecule has 0 spiro atoms. The summed E-state index contributed by atoms with van der Waals surface area (Å²) in [5.41, 5.74) is 0. The third kappa shape index (κ3) is 12.3. The van der Waals surface area contributed by atoms with Gasteiger partial charge in [-0.25, -0.2) is 0 Å². The van der Waals surface area contributed by atoms with Gasteiger partial charge in [0.2, 0.25) is 0 Å². The van der Waals surface area contributed by atoms with Crippen LogP contribution in [0.5, 0.6) is 0 Å². The molecule has 0 aromatic heterocycles. The van der Waals surface area contributed by atoms with Gasteiger partial charge in [0.25, 0.3) is 0 Å². The van der Waals surface area contributed by atoms with Crippen molar-refractivity contribution in [3.05, 3.63) is 0 Å². The van der Waals surface area contributed by atoms with E-state index in [1.54, 1.807) is 0 Å². The Balaban J connectivity index is 2.72. The average molecular weight is 693 g/mol. The van der Waals surface area contributed by atoms with Crippen molar-refractivity contribution in [2.45, 2.75) is 117 Å². The fourth-order valence-electron chi connectivity index (χ4n) is 4.94. The molecule has 2 rings (SSSR count). The van der Waals surface area contributed by atoms with Crippen LogP contribution in [0.3, 0.4) is 0 Å². The molecule has 0 N–H and O–H groups in total. The quantitative estimate of drug-likeness (QED) is 0.170. The van der Waals surface area contributed by atoms with E-state index in [4.69, 9.17) is 52.1 Å². The predicted octanol–water partition coefficient (Wildman–Crippen LogP) is -0.788. The Bertz CT molecular complexity index is 1210. The minimum absolute atomic E-state index is 0.507. The van der Waals surface area contributed by atoms with E-state index in [0.29, 0.717) is 0 Å². The number of carbonyl (C=O) groups is 8. The van der Waals surface area contributed by atoms with Crippen molar-refractivity contribution < 1.29 is 90.5 Å². The molecule has 2 aliphatic heterocycles. The number of ether oxygens (including phenoxy) is 11. The first-order valence-electron chi connectivity index (χ1n) is 14.6. The smallest absolute Gasteiger partial charge is 0.303 e. The van der Waals surface area contributed by atoms with Crippen molar-refractivity contribution in [2.75, 3.05) is 19.8 Å². The van der Waals surface area contributed by atoms with Gasteiger partial charge in [-0.1, -0.05) is 0 Å². The zero-order chi connectivity index (χ0) is 36.3. The first-order valence-corrected chi connectivity index (χ1v) is 14.6. The van der Waals surface area contributed by atoms with Gasteiger partial charge in [0.1, 0.15) is 44.2 Å². The third-order valence-corrected chi connectivity index (χ3v) is 6.48. The van der Waals surface area contributed by atoms with Crippen molar-refractivity contribution in [3.63, 3.8) is 0 Å². The lowest BCUT2D eigenvalue weighted by atomic mass is 9.93. The molecule has 2 aliphatic rings. The Morgan fingerprint density at radius 3 is 1.02 bits per heavy atom. The molecule has 0 radical (unpaired) electrons. The highest BCUT2D eigenvalue weighted by molar-refractivity contribution is 5.69. The van der Waals surface area contributed by atoms with Gasteiger partial charge in [-0.05, 0) is 0 Å². The van der Waals surface area contributed by atoms with E-state index in [-0.39, 0.29) is 0 Å². The van der Waals surface area contributed by atoms with E-state index < -0.39 is 129 Å². The lowest BCUT2D eigenvalue weighted by molar-refractivity contribution is -0.345. The summed E-state index contributed by atoms with van der Waals surface area (Å²) in [7, 11) is 0. The maximum Gasteiger partial charge on any atom is 0.303 e. The van der Waals surface area contributed by atoms with E-state index in [0.717, 1.165) is 55.4 Å². The summed E-state index contributed by atoms with van der Waals surface area (Å²) < 4.78 is 60.7. The van der Waals surface area contributed by atoms with Crippen LogP contribution in [0.1, 0.15) is 55.4 Å². The summed E-state index contributed by atoms with van der Waals surface area (Å²) in [6.07, 6.45) is -15.4. The van der Waals surface area contributed by atoms with Gasteiger partial charge in [0.15, 0.2) is 36.8 Å². The first-order chi connectivity index (χ1) is 22.4. The Kier molecular flexibility index (Phi) is 15.1. The molecule has 0 saturated carbocycles. The van der Waals surface area contributed by atoms with Crippen LogP contribution in [0.15, 0.2) is 0 Å². The summed E-state index contributed by atoms with van der Waals surface area (Å²) in [6.45, 7) is 6.81. The molecular formula is C29H40O19. The standard InChI is InChI=1S/C29H40O19/c1-12(30)38-9-20-23(41-15(4)33)26(43-17(6)35)25(21(46-20)10-39-13(2)31)48-29-28(45-19(8)37)27(44-18(7)36)24(42-16(5)34)22(47-29)11-40-14(3)32/h20-29H,9-11H2,1-8H3/t20?,21?,22?,23?,24-,25-,26?,27?,28?,29?/m0/s1. The molecule has 48 heavy (non-hydrogen) atoms. The van der Waals surface area contributed by atoms with Gasteiger partial charge in [-0.3, -0.25) is 38.4 Å². The SMILES string of the molecule is CC(=O)OCC1OC(COC(C)=O)[C@H](OC2OC(COC(C)=O)[C@H](OC(C)=O)C(OC(C)=O)C2OC(C)=O)C(OC(C)=O)C1OC(C)=O. The van der Waals surface area contributed by atoms with E-state index in [1.807, 2.05) is 0 Å². The fourth-order valence-corrected chi connectivity index (χ4v) is 4.94. The summed E-state index contributed by atoms with van der Waals surface area (Å²) in [4.78, 5) is 96.3. The van der Waals surface area contributed by atoms with Crippen LogP contribution in [0, 0.1) is 0 Å². The molecule has 8 unspecified atom stereocenters. The number of rotatable bonds is 13. The normalized spacial score (nSPS) is 29.7. The van der Waals surface area contributed by atoms with Crippen LogP contribution in [0.4, 0.5) is 0 Å². The summed E-state index contributed by atoms with van der Waals surface area (Å²) in [6, 6.07) is 0. The first kappa shape index (κ1) is 39.8. The topological polar surface area (TPSA) is 238 Å². The van der Waals surface area contributed by atoms with Gasteiger partial charge in [0, 0.05) is 55.4 Å². The van der Waals surface area contributed by atoms with Gasteiger partial charge in [-0.15, -0.1) is 0 Å². The molecule has 0 bridgehead atoms. The van der Waals surface area contributed by atoms with Crippen LogP contribution < -0.4 is 0 Å². The Morgan fingerprint density at radius 2 is 0.667 bits per heavy atom. The fraction of sp³-hybridized carbons (Fsp3) is 0.724. The maximum atomic E-state index is 12.4. The van der Waals surface area contributed by atoms with Gasteiger partial charge >= 0.3 is 47.8 Å². The van der Waals surface area contributed by atoms with Crippen molar-refractivity contribution in [1.29, 1.82) is 0 Å². The molecule has 19 nitrogen and oxygen atoms in total. The summed E-state index contributed by atoms with van der Waals surface area (Å²) in [5.74, 6) is -6.70. The highest BCUT2D eigenvalue weighted by atomic mass is 16.8.